The highest BCUT2D eigenvalue weighted by Crippen LogP contribution is 2.33. The van der Waals surface area contributed by atoms with Gasteiger partial charge in [-0.15, -0.1) is 11.3 Å². The van der Waals surface area contributed by atoms with Crippen LogP contribution in [0.5, 0.6) is 0 Å². The predicted octanol–water partition coefficient (Wildman–Crippen LogP) is 3.59. The van der Waals surface area contributed by atoms with Crippen molar-refractivity contribution >= 4 is 45.2 Å². The Morgan fingerprint density at radius 3 is 2.88 bits per heavy atom. The van der Waals surface area contributed by atoms with E-state index in [0.717, 1.165) is 21.3 Å². The number of H-pyrrole nitrogens is 1. The van der Waals surface area contributed by atoms with Crippen LogP contribution in [0.2, 0.25) is 4.34 Å². The van der Waals surface area contributed by atoms with Crippen molar-refractivity contribution in [3.05, 3.63) is 57.6 Å². The van der Waals surface area contributed by atoms with Gasteiger partial charge in [-0.2, -0.15) is 0 Å². The summed E-state index contributed by atoms with van der Waals surface area (Å²) >= 11 is 7.36. The molecule has 0 saturated carbocycles. The van der Waals surface area contributed by atoms with Gasteiger partial charge in [0.2, 0.25) is 0 Å². The highest BCUT2D eigenvalue weighted by atomic mass is 35.5. The first kappa shape index (κ1) is 16.9. The van der Waals surface area contributed by atoms with Crippen LogP contribution in [0.3, 0.4) is 0 Å². The van der Waals surface area contributed by atoms with E-state index in [4.69, 9.17) is 16.7 Å². The molecule has 4 N–H and O–H groups in total. The number of hydrogen-bond donors (Lipinski definition) is 4. The van der Waals surface area contributed by atoms with Crippen molar-refractivity contribution in [3.63, 3.8) is 0 Å². The number of carbonyl (C=O) groups is 2. The molecule has 3 aromatic rings. The van der Waals surface area contributed by atoms with E-state index in [-0.39, 0.29) is 24.4 Å². The highest BCUT2D eigenvalue weighted by molar-refractivity contribution is 7.22. The lowest BCUT2D eigenvalue weighted by atomic mass is 9.98. The maximum atomic E-state index is 12.7. The largest absolute Gasteiger partial charge is 0.465 e. The van der Waals surface area contributed by atoms with Gasteiger partial charge in [-0.1, -0.05) is 35.9 Å². The van der Waals surface area contributed by atoms with Crippen molar-refractivity contribution in [2.24, 2.45) is 0 Å². The number of halogens is 1. The Labute approximate surface area is 158 Å². The number of aromatic amines is 1. The molecule has 0 fully saturated rings. The van der Waals surface area contributed by atoms with Gasteiger partial charge in [-0.25, -0.2) is 4.79 Å². The Balaban J connectivity index is 1.54. The van der Waals surface area contributed by atoms with Gasteiger partial charge in [0, 0.05) is 23.9 Å². The molecule has 2 amide bonds. The second kappa shape index (κ2) is 6.66. The van der Waals surface area contributed by atoms with E-state index >= 15 is 0 Å². The molecule has 2 aromatic heterocycles. The standard InChI is InChI=1S/C18H16ClN3O3S/c19-15-7-10-6-14(22-17(10)26-15)16(23)21-13-5-9-3-1-2-4-11(9)12(13)8-20-18(24)25/h1-4,6-7,12-13,20,22H,5,8H2,(H,21,23)(H,24,25)/t12-,13+/m0/s1. The third-order valence-electron chi connectivity index (χ3n) is 4.69. The molecule has 0 unspecified atom stereocenters. The maximum Gasteiger partial charge on any atom is 0.404 e. The summed E-state index contributed by atoms with van der Waals surface area (Å²) in [6.07, 6.45) is -0.393. The molecule has 8 heteroatoms. The van der Waals surface area contributed by atoms with Gasteiger partial charge in [-0.3, -0.25) is 4.79 Å². The maximum absolute atomic E-state index is 12.7. The van der Waals surface area contributed by atoms with Gasteiger partial charge in [0.15, 0.2) is 0 Å². The molecule has 0 bridgehead atoms. The summed E-state index contributed by atoms with van der Waals surface area (Å²) in [5.74, 6) is -0.306. The third kappa shape index (κ3) is 3.15. The molecule has 0 spiro atoms. The van der Waals surface area contributed by atoms with E-state index in [1.165, 1.54) is 11.3 Å². The number of amides is 2. The number of carbonyl (C=O) groups excluding carboxylic acids is 1. The molecule has 0 aliphatic heterocycles. The Morgan fingerprint density at radius 2 is 2.12 bits per heavy atom. The summed E-state index contributed by atoms with van der Waals surface area (Å²) < 4.78 is 0.671. The first-order valence-corrected chi connectivity index (χ1v) is 9.34. The molecule has 26 heavy (non-hydrogen) atoms. The number of fused-ring (bicyclic) bond motifs is 2. The lowest BCUT2D eigenvalue weighted by Crippen LogP contribution is -2.41. The van der Waals surface area contributed by atoms with Crippen molar-refractivity contribution in [2.45, 2.75) is 18.4 Å². The van der Waals surface area contributed by atoms with Gasteiger partial charge in [-0.05, 0) is 29.7 Å². The van der Waals surface area contributed by atoms with Crippen LogP contribution >= 0.6 is 22.9 Å². The van der Waals surface area contributed by atoms with Crippen molar-refractivity contribution in [1.29, 1.82) is 0 Å². The van der Waals surface area contributed by atoms with Crippen LogP contribution in [0.4, 0.5) is 4.79 Å². The van der Waals surface area contributed by atoms with E-state index in [2.05, 4.69) is 15.6 Å². The van der Waals surface area contributed by atoms with E-state index in [1.807, 2.05) is 30.3 Å². The molecule has 4 rings (SSSR count). The average molecular weight is 390 g/mol. The second-order valence-electron chi connectivity index (χ2n) is 6.29. The molecule has 2 atom stereocenters. The van der Waals surface area contributed by atoms with E-state index < -0.39 is 6.09 Å². The Kier molecular flexibility index (Phi) is 4.34. The molecular weight excluding hydrogens is 374 g/mol. The number of rotatable bonds is 4. The fourth-order valence-corrected chi connectivity index (χ4v) is 4.67. The molecule has 0 radical (unpaired) electrons. The summed E-state index contributed by atoms with van der Waals surface area (Å²) in [6, 6.07) is 11.3. The van der Waals surface area contributed by atoms with Crippen LogP contribution in [0.25, 0.3) is 10.2 Å². The van der Waals surface area contributed by atoms with Crippen LogP contribution in [-0.4, -0.2) is 34.7 Å². The van der Waals surface area contributed by atoms with Crippen LogP contribution in [0.15, 0.2) is 36.4 Å². The molecule has 134 valence electrons. The van der Waals surface area contributed by atoms with E-state index in [0.29, 0.717) is 16.5 Å². The van der Waals surface area contributed by atoms with Crippen LogP contribution in [-0.2, 0) is 6.42 Å². The van der Waals surface area contributed by atoms with Crippen molar-refractivity contribution < 1.29 is 14.7 Å². The zero-order chi connectivity index (χ0) is 18.3. The Hall–Kier alpha value is -2.51. The van der Waals surface area contributed by atoms with Gasteiger partial charge >= 0.3 is 6.09 Å². The van der Waals surface area contributed by atoms with Crippen molar-refractivity contribution in [3.8, 4) is 0 Å². The SMILES string of the molecule is O=C(O)NC[C@H]1c2ccccc2C[C@H]1NC(=O)c1cc2cc(Cl)sc2[nH]1. The topological polar surface area (TPSA) is 94.2 Å². The van der Waals surface area contributed by atoms with Gasteiger partial charge in [0.1, 0.15) is 10.5 Å². The molecule has 2 heterocycles. The van der Waals surface area contributed by atoms with Crippen LogP contribution in [0, 0.1) is 0 Å². The normalized spacial score (nSPS) is 18.7. The molecule has 0 saturated heterocycles. The van der Waals surface area contributed by atoms with Crippen molar-refractivity contribution in [2.75, 3.05) is 6.54 Å². The fraction of sp³-hybridized carbons (Fsp3) is 0.222. The summed E-state index contributed by atoms with van der Waals surface area (Å²) in [6.45, 7) is 0.257. The molecule has 1 aliphatic rings. The zero-order valence-corrected chi connectivity index (χ0v) is 15.2. The number of hydrogen-bond acceptors (Lipinski definition) is 3. The lowest BCUT2D eigenvalue weighted by molar-refractivity contribution is 0.0929. The number of benzene rings is 1. The van der Waals surface area contributed by atoms with Gasteiger partial charge in [0.05, 0.1) is 4.34 Å². The monoisotopic (exact) mass is 389 g/mol. The molecule has 1 aromatic carbocycles. The van der Waals surface area contributed by atoms with Crippen molar-refractivity contribution in [1.82, 2.24) is 15.6 Å². The van der Waals surface area contributed by atoms with E-state index in [1.54, 1.807) is 6.07 Å². The summed E-state index contributed by atoms with van der Waals surface area (Å²) in [4.78, 5) is 27.5. The second-order valence-corrected chi connectivity index (χ2v) is 7.98. The Morgan fingerprint density at radius 1 is 1.31 bits per heavy atom. The molecule has 6 nitrogen and oxygen atoms in total. The fourth-order valence-electron chi connectivity index (χ4n) is 3.54. The van der Waals surface area contributed by atoms with Crippen LogP contribution in [0.1, 0.15) is 27.5 Å². The highest BCUT2D eigenvalue weighted by Gasteiger charge is 2.33. The minimum Gasteiger partial charge on any atom is -0.465 e. The zero-order valence-electron chi connectivity index (χ0n) is 13.6. The quantitative estimate of drug-likeness (QED) is 0.549. The minimum atomic E-state index is -1.07. The number of thiophene rings is 1. The first-order valence-electron chi connectivity index (χ1n) is 8.15. The van der Waals surface area contributed by atoms with Gasteiger partial charge in [0.25, 0.3) is 5.91 Å². The van der Waals surface area contributed by atoms with Gasteiger partial charge < -0.3 is 20.7 Å². The molecular formula is C18H16ClN3O3S. The number of aromatic nitrogens is 1. The molecule has 1 aliphatic carbocycles. The van der Waals surface area contributed by atoms with E-state index in [9.17, 15) is 9.59 Å². The smallest absolute Gasteiger partial charge is 0.404 e. The predicted molar refractivity (Wildman–Crippen MR) is 101 cm³/mol. The lowest BCUT2D eigenvalue weighted by Gasteiger charge is -2.21. The third-order valence-corrected chi connectivity index (χ3v) is 5.89. The van der Waals surface area contributed by atoms with Crippen LogP contribution < -0.4 is 10.6 Å². The summed E-state index contributed by atoms with van der Waals surface area (Å²) in [5, 5.41) is 15.3. The summed E-state index contributed by atoms with van der Waals surface area (Å²) in [7, 11) is 0. The number of carboxylic acid groups (broad SMARTS) is 1. The number of nitrogens with one attached hydrogen (secondary N) is 3. The Bertz CT molecular complexity index is 965. The minimum absolute atomic E-state index is 0.100. The first-order chi connectivity index (χ1) is 12.5. The summed E-state index contributed by atoms with van der Waals surface area (Å²) in [5.41, 5.74) is 2.68. The average Bonchev–Trinajstić information content (AvgIpc) is 3.23.